The second kappa shape index (κ2) is 13.1. The number of hydrogen-bond acceptors (Lipinski definition) is 7. The highest BCUT2D eigenvalue weighted by atomic mass is 16.6. The standard InChI is InChI=1S/C19H28O7/c1-4-25-18(20)13-23-11-16(12-24-14-19(21)26-5-2)9-15-7-6-8-17(10-15)22-3/h6-8,10,16H,4-5,9,11-14H2,1-3H3. The molecule has 0 aromatic heterocycles. The zero-order chi connectivity index (χ0) is 19.2. The number of methoxy groups -OCH3 is 1. The van der Waals surface area contributed by atoms with Gasteiger partial charge in [0.15, 0.2) is 0 Å². The molecule has 0 aliphatic rings. The average molecular weight is 368 g/mol. The Morgan fingerprint density at radius 3 is 2.04 bits per heavy atom. The van der Waals surface area contributed by atoms with Gasteiger partial charge >= 0.3 is 11.9 Å². The Kier molecular flexibility index (Phi) is 11.1. The molecule has 0 atom stereocenters. The topological polar surface area (TPSA) is 80.3 Å². The summed E-state index contributed by atoms with van der Waals surface area (Å²) in [4.78, 5) is 22.8. The first-order valence-corrected chi connectivity index (χ1v) is 8.68. The van der Waals surface area contributed by atoms with E-state index in [1.807, 2.05) is 24.3 Å². The van der Waals surface area contributed by atoms with Crippen molar-refractivity contribution in [3.05, 3.63) is 29.8 Å². The SMILES string of the molecule is CCOC(=O)COCC(COCC(=O)OCC)Cc1cccc(OC)c1. The largest absolute Gasteiger partial charge is 0.497 e. The molecule has 1 aromatic carbocycles. The van der Waals surface area contributed by atoms with E-state index in [-0.39, 0.29) is 19.1 Å². The minimum Gasteiger partial charge on any atom is -0.497 e. The molecule has 7 nitrogen and oxygen atoms in total. The van der Waals surface area contributed by atoms with Crippen LogP contribution < -0.4 is 4.74 Å². The molecule has 0 bridgehead atoms. The Morgan fingerprint density at radius 2 is 1.54 bits per heavy atom. The molecule has 0 radical (unpaired) electrons. The van der Waals surface area contributed by atoms with Gasteiger partial charge in [-0.2, -0.15) is 0 Å². The quantitative estimate of drug-likeness (QED) is 0.493. The molecule has 1 rings (SSSR count). The van der Waals surface area contributed by atoms with Crippen LogP contribution in [0.3, 0.4) is 0 Å². The zero-order valence-electron chi connectivity index (χ0n) is 15.7. The van der Waals surface area contributed by atoms with Gasteiger partial charge < -0.3 is 23.7 Å². The van der Waals surface area contributed by atoms with Crippen molar-refractivity contribution in [3.8, 4) is 5.75 Å². The van der Waals surface area contributed by atoms with Crippen LogP contribution in [0.4, 0.5) is 0 Å². The highest BCUT2D eigenvalue weighted by Gasteiger charge is 2.14. The third-order valence-electron chi connectivity index (χ3n) is 3.42. The maximum atomic E-state index is 11.4. The van der Waals surface area contributed by atoms with Crippen molar-refractivity contribution in [2.75, 3.05) is 46.8 Å². The average Bonchev–Trinajstić information content (AvgIpc) is 2.62. The highest BCUT2D eigenvalue weighted by molar-refractivity contribution is 5.70. The lowest BCUT2D eigenvalue weighted by Gasteiger charge is -2.17. The smallest absolute Gasteiger partial charge is 0.332 e. The molecule has 7 heteroatoms. The van der Waals surface area contributed by atoms with E-state index in [1.165, 1.54) is 0 Å². The molecule has 0 unspecified atom stereocenters. The summed E-state index contributed by atoms with van der Waals surface area (Å²) in [5.41, 5.74) is 1.05. The summed E-state index contributed by atoms with van der Waals surface area (Å²) in [5, 5.41) is 0. The fourth-order valence-electron chi connectivity index (χ4n) is 2.32. The zero-order valence-corrected chi connectivity index (χ0v) is 15.7. The number of ether oxygens (including phenoxy) is 5. The summed E-state index contributed by atoms with van der Waals surface area (Å²) in [5.74, 6) is -0.0766. The molecule has 0 amide bonds. The van der Waals surface area contributed by atoms with Crippen LogP contribution in [0.1, 0.15) is 19.4 Å². The van der Waals surface area contributed by atoms with Gasteiger partial charge in [0.25, 0.3) is 0 Å². The fourth-order valence-corrected chi connectivity index (χ4v) is 2.32. The first kappa shape index (κ1) is 21.9. The maximum absolute atomic E-state index is 11.4. The summed E-state index contributed by atoms with van der Waals surface area (Å²) in [6.45, 7) is 4.51. The molecule has 146 valence electrons. The number of rotatable bonds is 13. The third kappa shape index (κ3) is 9.39. The summed E-state index contributed by atoms with van der Waals surface area (Å²) in [6, 6.07) is 7.69. The summed E-state index contributed by atoms with van der Waals surface area (Å²) >= 11 is 0. The first-order chi connectivity index (χ1) is 12.6. The van der Waals surface area contributed by atoms with E-state index < -0.39 is 11.9 Å². The molecule has 0 fully saturated rings. The number of carbonyl (C=O) groups is 2. The minimum absolute atomic E-state index is 0.0361. The lowest BCUT2D eigenvalue weighted by Crippen LogP contribution is -2.24. The Balaban J connectivity index is 2.55. The monoisotopic (exact) mass is 368 g/mol. The lowest BCUT2D eigenvalue weighted by molar-refractivity contribution is -0.150. The molecule has 0 saturated carbocycles. The van der Waals surface area contributed by atoms with E-state index in [9.17, 15) is 9.59 Å². The van der Waals surface area contributed by atoms with Gasteiger partial charge in [0, 0.05) is 5.92 Å². The molecule has 0 heterocycles. The number of benzene rings is 1. The third-order valence-corrected chi connectivity index (χ3v) is 3.42. The summed E-state index contributed by atoms with van der Waals surface area (Å²) in [7, 11) is 1.61. The van der Waals surface area contributed by atoms with Crippen LogP contribution in [-0.4, -0.2) is 58.7 Å². The summed E-state index contributed by atoms with van der Waals surface area (Å²) in [6.07, 6.45) is 0.656. The van der Waals surface area contributed by atoms with Crippen LogP contribution in [0.5, 0.6) is 5.75 Å². The van der Waals surface area contributed by atoms with Gasteiger partial charge in [-0.3, -0.25) is 0 Å². The molecule has 26 heavy (non-hydrogen) atoms. The molecule has 0 saturated heterocycles. The molecule has 0 aliphatic heterocycles. The molecule has 0 spiro atoms. The van der Waals surface area contributed by atoms with Crippen molar-refractivity contribution < 1.29 is 33.3 Å². The van der Waals surface area contributed by atoms with Crippen LogP contribution in [0.25, 0.3) is 0 Å². The number of esters is 2. The second-order valence-corrected chi connectivity index (χ2v) is 5.56. The van der Waals surface area contributed by atoms with Gasteiger partial charge in [-0.15, -0.1) is 0 Å². The fraction of sp³-hybridized carbons (Fsp3) is 0.579. The molecular weight excluding hydrogens is 340 g/mol. The predicted octanol–water partition coefficient (Wildman–Crippen LogP) is 2.01. The number of carbonyl (C=O) groups excluding carboxylic acids is 2. The molecule has 0 N–H and O–H groups in total. The van der Waals surface area contributed by atoms with Gasteiger partial charge in [0.05, 0.1) is 33.5 Å². The van der Waals surface area contributed by atoms with Gasteiger partial charge in [-0.1, -0.05) is 12.1 Å². The van der Waals surface area contributed by atoms with Gasteiger partial charge in [0.1, 0.15) is 19.0 Å². The Morgan fingerprint density at radius 1 is 0.962 bits per heavy atom. The van der Waals surface area contributed by atoms with Crippen molar-refractivity contribution in [1.82, 2.24) is 0 Å². The normalized spacial score (nSPS) is 10.6. The van der Waals surface area contributed by atoms with Crippen LogP contribution in [0.15, 0.2) is 24.3 Å². The molecule has 1 aromatic rings. The van der Waals surface area contributed by atoms with Crippen LogP contribution in [-0.2, 0) is 35.0 Å². The summed E-state index contributed by atoms with van der Waals surface area (Å²) < 4.78 is 25.8. The Labute approximate surface area is 154 Å². The van der Waals surface area contributed by atoms with Crippen molar-refractivity contribution in [2.45, 2.75) is 20.3 Å². The van der Waals surface area contributed by atoms with Crippen molar-refractivity contribution in [1.29, 1.82) is 0 Å². The highest BCUT2D eigenvalue weighted by Crippen LogP contribution is 2.17. The molecular formula is C19H28O7. The second-order valence-electron chi connectivity index (χ2n) is 5.56. The van der Waals surface area contributed by atoms with E-state index in [4.69, 9.17) is 23.7 Å². The van der Waals surface area contributed by atoms with E-state index in [2.05, 4.69) is 0 Å². The van der Waals surface area contributed by atoms with E-state index in [1.54, 1.807) is 21.0 Å². The van der Waals surface area contributed by atoms with Gasteiger partial charge in [0.2, 0.25) is 0 Å². The van der Waals surface area contributed by atoms with Gasteiger partial charge in [-0.05, 0) is 38.0 Å². The van der Waals surface area contributed by atoms with Crippen molar-refractivity contribution in [2.24, 2.45) is 5.92 Å². The van der Waals surface area contributed by atoms with Crippen LogP contribution in [0.2, 0.25) is 0 Å². The van der Waals surface area contributed by atoms with Crippen LogP contribution in [0, 0.1) is 5.92 Å². The first-order valence-electron chi connectivity index (χ1n) is 8.68. The Bertz CT molecular complexity index is 520. The van der Waals surface area contributed by atoms with Crippen molar-refractivity contribution in [3.63, 3.8) is 0 Å². The maximum Gasteiger partial charge on any atom is 0.332 e. The van der Waals surface area contributed by atoms with Crippen LogP contribution >= 0.6 is 0 Å². The van der Waals surface area contributed by atoms with Crippen molar-refractivity contribution >= 4 is 11.9 Å². The predicted molar refractivity (Wildman–Crippen MR) is 95.1 cm³/mol. The van der Waals surface area contributed by atoms with Gasteiger partial charge in [-0.25, -0.2) is 9.59 Å². The lowest BCUT2D eigenvalue weighted by atomic mass is 10.0. The number of hydrogen-bond donors (Lipinski definition) is 0. The Hall–Kier alpha value is -2.12. The van der Waals surface area contributed by atoms with E-state index >= 15 is 0 Å². The minimum atomic E-state index is -0.403. The molecule has 0 aliphatic carbocycles. The van der Waals surface area contributed by atoms with E-state index in [0.717, 1.165) is 11.3 Å². The van der Waals surface area contributed by atoms with E-state index in [0.29, 0.717) is 32.8 Å².